The number of rotatable bonds is 7. The van der Waals surface area contributed by atoms with E-state index in [2.05, 4.69) is 5.32 Å². The van der Waals surface area contributed by atoms with Crippen LogP contribution in [0.1, 0.15) is 12.5 Å². The zero-order chi connectivity index (χ0) is 17.4. The standard InChI is InChI=1S/C19H22N2O3/c1-15(19(23)20-2)21(13-16-9-5-3-6-10-16)18(22)14-24-17-11-7-4-8-12-17/h3-12,15H,13-14H2,1-2H3,(H,20,23). The number of hydrogen-bond acceptors (Lipinski definition) is 3. The topological polar surface area (TPSA) is 58.6 Å². The largest absolute Gasteiger partial charge is 0.484 e. The highest BCUT2D eigenvalue weighted by Crippen LogP contribution is 2.12. The first-order valence-electron chi connectivity index (χ1n) is 7.84. The molecule has 0 radical (unpaired) electrons. The minimum atomic E-state index is -0.581. The maximum absolute atomic E-state index is 12.6. The summed E-state index contributed by atoms with van der Waals surface area (Å²) in [5.41, 5.74) is 0.960. The van der Waals surface area contributed by atoms with Crippen molar-refractivity contribution in [2.24, 2.45) is 0 Å². The molecule has 2 rings (SSSR count). The molecule has 2 aromatic carbocycles. The number of benzene rings is 2. The van der Waals surface area contributed by atoms with Crippen molar-refractivity contribution >= 4 is 11.8 Å². The smallest absolute Gasteiger partial charge is 0.261 e. The molecule has 0 bridgehead atoms. The number of amides is 2. The Morgan fingerprint density at radius 3 is 2.21 bits per heavy atom. The van der Waals surface area contributed by atoms with Crippen molar-refractivity contribution in [1.29, 1.82) is 0 Å². The van der Waals surface area contributed by atoms with Crippen LogP contribution in [0.4, 0.5) is 0 Å². The monoisotopic (exact) mass is 326 g/mol. The number of ether oxygens (including phenoxy) is 1. The van der Waals surface area contributed by atoms with Gasteiger partial charge in [-0.05, 0) is 24.6 Å². The van der Waals surface area contributed by atoms with E-state index in [1.54, 1.807) is 26.1 Å². The zero-order valence-corrected chi connectivity index (χ0v) is 13.9. The lowest BCUT2D eigenvalue weighted by atomic mass is 10.1. The molecule has 0 spiro atoms. The Labute approximate surface area is 142 Å². The summed E-state index contributed by atoms with van der Waals surface area (Å²) in [6, 6.07) is 18.1. The summed E-state index contributed by atoms with van der Waals surface area (Å²) in [6.45, 7) is 1.95. The molecule has 1 atom stereocenters. The first-order chi connectivity index (χ1) is 11.6. The maximum Gasteiger partial charge on any atom is 0.261 e. The molecule has 5 heteroatoms. The van der Waals surface area contributed by atoms with E-state index in [-0.39, 0.29) is 18.4 Å². The van der Waals surface area contributed by atoms with Crippen molar-refractivity contribution in [3.63, 3.8) is 0 Å². The van der Waals surface area contributed by atoms with Crippen molar-refractivity contribution in [1.82, 2.24) is 10.2 Å². The molecule has 0 saturated carbocycles. The molecule has 0 aromatic heterocycles. The molecule has 2 amide bonds. The molecule has 0 aliphatic carbocycles. The van der Waals surface area contributed by atoms with Crippen LogP contribution in [0.3, 0.4) is 0 Å². The van der Waals surface area contributed by atoms with E-state index in [9.17, 15) is 9.59 Å². The molecule has 1 unspecified atom stereocenters. The third-order valence-electron chi connectivity index (χ3n) is 3.71. The summed E-state index contributed by atoms with van der Waals surface area (Å²) in [7, 11) is 1.56. The average Bonchev–Trinajstić information content (AvgIpc) is 2.64. The quantitative estimate of drug-likeness (QED) is 0.849. The highest BCUT2D eigenvalue weighted by atomic mass is 16.5. The molecule has 1 N–H and O–H groups in total. The fraction of sp³-hybridized carbons (Fsp3) is 0.263. The number of carbonyl (C=O) groups is 2. The lowest BCUT2D eigenvalue weighted by molar-refractivity contribution is -0.142. The molecular formula is C19H22N2O3. The minimum Gasteiger partial charge on any atom is -0.484 e. The Morgan fingerprint density at radius 1 is 1.04 bits per heavy atom. The molecule has 0 saturated heterocycles. The highest BCUT2D eigenvalue weighted by Gasteiger charge is 2.25. The van der Waals surface area contributed by atoms with Crippen LogP contribution >= 0.6 is 0 Å². The second-order valence-corrected chi connectivity index (χ2v) is 5.40. The second-order valence-electron chi connectivity index (χ2n) is 5.40. The Hall–Kier alpha value is -2.82. The zero-order valence-electron chi connectivity index (χ0n) is 13.9. The van der Waals surface area contributed by atoms with Gasteiger partial charge in [0.2, 0.25) is 5.91 Å². The van der Waals surface area contributed by atoms with Crippen LogP contribution in [0.5, 0.6) is 5.75 Å². The third-order valence-corrected chi connectivity index (χ3v) is 3.71. The van der Waals surface area contributed by atoms with Crippen LogP contribution < -0.4 is 10.1 Å². The van der Waals surface area contributed by atoms with Gasteiger partial charge in [0.25, 0.3) is 5.91 Å². The van der Waals surface area contributed by atoms with Gasteiger partial charge in [-0.3, -0.25) is 9.59 Å². The number of hydrogen-bond donors (Lipinski definition) is 1. The van der Waals surface area contributed by atoms with Gasteiger partial charge in [0.05, 0.1) is 0 Å². The Kier molecular flexibility index (Phi) is 6.37. The van der Waals surface area contributed by atoms with Crippen LogP contribution in [-0.4, -0.2) is 36.4 Å². The van der Waals surface area contributed by atoms with Crippen LogP contribution in [0.15, 0.2) is 60.7 Å². The van der Waals surface area contributed by atoms with Crippen molar-refractivity contribution in [2.45, 2.75) is 19.5 Å². The summed E-state index contributed by atoms with van der Waals surface area (Å²) >= 11 is 0. The molecule has 126 valence electrons. The average molecular weight is 326 g/mol. The molecule has 0 fully saturated rings. The SMILES string of the molecule is CNC(=O)C(C)N(Cc1ccccc1)C(=O)COc1ccccc1. The Morgan fingerprint density at radius 2 is 1.62 bits per heavy atom. The summed E-state index contributed by atoms with van der Waals surface area (Å²) in [4.78, 5) is 26.1. The lowest BCUT2D eigenvalue weighted by Crippen LogP contribution is -2.48. The molecular weight excluding hydrogens is 304 g/mol. The fourth-order valence-corrected chi connectivity index (χ4v) is 2.32. The summed E-state index contributed by atoms with van der Waals surface area (Å²) in [6.07, 6.45) is 0. The summed E-state index contributed by atoms with van der Waals surface area (Å²) in [5.74, 6) is 0.177. The van der Waals surface area contributed by atoms with Crippen molar-refractivity contribution in [3.05, 3.63) is 66.2 Å². The van der Waals surface area contributed by atoms with E-state index in [0.29, 0.717) is 12.3 Å². The highest BCUT2D eigenvalue weighted by molar-refractivity contribution is 5.87. The van der Waals surface area contributed by atoms with E-state index in [1.807, 2.05) is 48.5 Å². The van der Waals surface area contributed by atoms with E-state index >= 15 is 0 Å². The Balaban J connectivity index is 2.08. The van der Waals surface area contributed by atoms with Crippen LogP contribution in [-0.2, 0) is 16.1 Å². The van der Waals surface area contributed by atoms with E-state index in [0.717, 1.165) is 5.56 Å². The number of carbonyl (C=O) groups excluding carboxylic acids is 2. The van der Waals surface area contributed by atoms with E-state index in [4.69, 9.17) is 4.74 Å². The van der Waals surface area contributed by atoms with Gasteiger partial charge >= 0.3 is 0 Å². The maximum atomic E-state index is 12.6. The van der Waals surface area contributed by atoms with Gasteiger partial charge in [-0.25, -0.2) is 0 Å². The van der Waals surface area contributed by atoms with Crippen LogP contribution in [0.25, 0.3) is 0 Å². The van der Waals surface area contributed by atoms with Gasteiger partial charge < -0.3 is 15.0 Å². The van der Waals surface area contributed by atoms with Gasteiger partial charge in [-0.15, -0.1) is 0 Å². The fourth-order valence-electron chi connectivity index (χ4n) is 2.32. The van der Waals surface area contributed by atoms with Crippen molar-refractivity contribution in [3.8, 4) is 5.75 Å². The molecule has 0 aliphatic heterocycles. The predicted molar refractivity (Wildman–Crippen MR) is 92.5 cm³/mol. The van der Waals surface area contributed by atoms with Gasteiger partial charge in [0.1, 0.15) is 11.8 Å². The van der Waals surface area contributed by atoms with Crippen molar-refractivity contribution < 1.29 is 14.3 Å². The van der Waals surface area contributed by atoms with Gasteiger partial charge in [0, 0.05) is 13.6 Å². The van der Waals surface area contributed by atoms with Gasteiger partial charge in [-0.1, -0.05) is 48.5 Å². The predicted octanol–water partition coefficient (Wildman–Crippen LogP) is 2.23. The number of nitrogens with one attached hydrogen (secondary N) is 1. The number of likely N-dealkylation sites (N-methyl/N-ethyl adjacent to an activating group) is 1. The number of nitrogens with zero attached hydrogens (tertiary/aromatic N) is 1. The Bertz CT molecular complexity index is 659. The minimum absolute atomic E-state index is 0.113. The van der Waals surface area contributed by atoms with E-state index < -0.39 is 6.04 Å². The van der Waals surface area contributed by atoms with E-state index in [1.165, 1.54) is 4.90 Å². The molecule has 0 heterocycles. The van der Waals surface area contributed by atoms with Gasteiger partial charge in [0.15, 0.2) is 6.61 Å². The van der Waals surface area contributed by atoms with Crippen LogP contribution in [0.2, 0.25) is 0 Å². The third kappa shape index (κ3) is 4.84. The first-order valence-corrected chi connectivity index (χ1v) is 7.84. The summed E-state index contributed by atoms with van der Waals surface area (Å²) in [5, 5.41) is 2.59. The number of para-hydroxylation sites is 1. The molecule has 0 aliphatic rings. The lowest BCUT2D eigenvalue weighted by Gasteiger charge is -2.28. The molecule has 24 heavy (non-hydrogen) atoms. The first kappa shape index (κ1) is 17.5. The second kappa shape index (κ2) is 8.72. The van der Waals surface area contributed by atoms with Crippen molar-refractivity contribution in [2.75, 3.05) is 13.7 Å². The molecule has 5 nitrogen and oxygen atoms in total. The van der Waals surface area contributed by atoms with Crippen LogP contribution in [0, 0.1) is 0 Å². The molecule has 2 aromatic rings. The van der Waals surface area contributed by atoms with Gasteiger partial charge in [-0.2, -0.15) is 0 Å². The summed E-state index contributed by atoms with van der Waals surface area (Å²) < 4.78 is 5.53. The normalized spacial score (nSPS) is 11.4.